The quantitative estimate of drug-likeness (QED) is 0.452. The van der Waals surface area contributed by atoms with Crippen molar-refractivity contribution in [2.75, 3.05) is 0 Å². The third-order valence-electron chi connectivity index (χ3n) is 6.54. The van der Waals surface area contributed by atoms with E-state index in [1.807, 2.05) is 58.0 Å². The van der Waals surface area contributed by atoms with Crippen molar-refractivity contribution in [1.29, 1.82) is 0 Å². The lowest BCUT2D eigenvalue weighted by molar-refractivity contribution is -0.118. The van der Waals surface area contributed by atoms with Crippen molar-refractivity contribution >= 4 is 63.4 Å². The van der Waals surface area contributed by atoms with Crippen LogP contribution in [-0.2, 0) is 31.7 Å². The standard InChI is InChI=1S/C16H21BN2O3.C10H9BrN2O.2CH4/c1-10(20)18-14-9-11-8-12(6-7-13(11)19-14)17-21-15(2,3)16(4,5)22-17;1-6(14)12-10-5-7-4-8(11)2-3-9(7)13-10;;/h6-8H,9H2,1-5H3,(H,18,19,20);2-4H,5H2,1H3,(H,12,13,14);2*1H4. The van der Waals surface area contributed by atoms with E-state index in [4.69, 9.17) is 9.31 Å². The summed E-state index contributed by atoms with van der Waals surface area (Å²) < 4.78 is 13.2. The van der Waals surface area contributed by atoms with Crippen LogP contribution in [0.5, 0.6) is 0 Å². The van der Waals surface area contributed by atoms with Crippen molar-refractivity contribution in [2.24, 2.45) is 9.98 Å². The summed E-state index contributed by atoms with van der Waals surface area (Å²) in [5, 5.41) is 5.46. The summed E-state index contributed by atoms with van der Waals surface area (Å²) in [6.07, 6.45) is 1.33. The first-order valence-electron chi connectivity index (χ1n) is 11.8. The van der Waals surface area contributed by atoms with Crippen molar-refractivity contribution in [2.45, 2.75) is 80.4 Å². The average Bonchev–Trinajstić information content (AvgIpc) is 3.39. The molecule has 2 amide bonds. The maximum Gasteiger partial charge on any atom is 0.494 e. The van der Waals surface area contributed by atoms with Crippen LogP contribution in [0.25, 0.3) is 0 Å². The third kappa shape index (κ3) is 6.98. The van der Waals surface area contributed by atoms with Crippen LogP contribution in [0.1, 0.15) is 67.5 Å². The van der Waals surface area contributed by atoms with E-state index in [0.717, 1.165) is 38.3 Å². The Morgan fingerprint density at radius 3 is 1.74 bits per heavy atom. The Labute approximate surface area is 235 Å². The Morgan fingerprint density at radius 2 is 1.26 bits per heavy atom. The molecule has 204 valence electrons. The van der Waals surface area contributed by atoms with Crippen LogP contribution < -0.4 is 16.1 Å². The number of aliphatic imine (C=N–C) groups is 2. The van der Waals surface area contributed by atoms with E-state index in [9.17, 15) is 9.59 Å². The van der Waals surface area contributed by atoms with Gasteiger partial charge in [0.05, 0.1) is 22.6 Å². The molecule has 38 heavy (non-hydrogen) atoms. The molecule has 8 nitrogen and oxygen atoms in total. The number of carbonyl (C=O) groups is 2. The number of benzene rings is 2. The number of hydrogen-bond donors (Lipinski definition) is 2. The van der Waals surface area contributed by atoms with Crippen LogP contribution in [0.2, 0.25) is 0 Å². The number of amidine groups is 2. The molecule has 0 atom stereocenters. The van der Waals surface area contributed by atoms with Crippen LogP contribution in [-0.4, -0.2) is 41.8 Å². The van der Waals surface area contributed by atoms with Gasteiger partial charge in [0, 0.05) is 31.2 Å². The molecule has 0 aliphatic carbocycles. The Morgan fingerprint density at radius 1 is 0.816 bits per heavy atom. The lowest BCUT2D eigenvalue weighted by atomic mass is 9.78. The molecular formula is C28H38BBrN4O4. The largest absolute Gasteiger partial charge is 0.494 e. The van der Waals surface area contributed by atoms with E-state index < -0.39 is 0 Å². The first-order valence-corrected chi connectivity index (χ1v) is 12.6. The van der Waals surface area contributed by atoms with Gasteiger partial charge in [-0.1, -0.05) is 42.9 Å². The zero-order chi connectivity index (χ0) is 26.3. The molecule has 0 bridgehead atoms. The van der Waals surface area contributed by atoms with Crippen LogP contribution in [0.15, 0.2) is 50.9 Å². The second-order valence-corrected chi connectivity index (χ2v) is 11.0. The number of hydrogen-bond acceptors (Lipinski definition) is 6. The van der Waals surface area contributed by atoms with Crippen molar-refractivity contribution in [3.05, 3.63) is 52.0 Å². The predicted molar refractivity (Wildman–Crippen MR) is 159 cm³/mol. The Balaban J connectivity index is 0.000000276. The molecule has 1 fully saturated rings. The van der Waals surface area contributed by atoms with E-state index in [-0.39, 0.29) is 45.0 Å². The van der Waals surface area contributed by atoms with E-state index in [1.165, 1.54) is 13.8 Å². The number of rotatable bonds is 1. The van der Waals surface area contributed by atoms with Gasteiger partial charge in [0.25, 0.3) is 0 Å². The highest BCUT2D eigenvalue weighted by atomic mass is 79.9. The molecule has 0 radical (unpaired) electrons. The summed E-state index contributed by atoms with van der Waals surface area (Å²) in [5.41, 5.74) is 4.33. The van der Waals surface area contributed by atoms with Gasteiger partial charge in [0.2, 0.25) is 11.8 Å². The minimum absolute atomic E-state index is 0. The highest BCUT2D eigenvalue weighted by Gasteiger charge is 2.51. The van der Waals surface area contributed by atoms with Gasteiger partial charge in [0.15, 0.2) is 0 Å². The zero-order valence-electron chi connectivity index (χ0n) is 21.4. The smallest absolute Gasteiger partial charge is 0.399 e. The lowest BCUT2D eigenvalue weighted by Crippen LogP contribution is -2.41. The second-order valence-electron chi connectivity index (χ2n) is 10.1. The van der Waals surface area contributed by atoms with E-state index in [2.05, 4.69) is 42.6 Å². The van der Waals surface area contributed by atoms with E-state index in [1.54, 1.807) is 0 Å². The van der Waals surface area contributed by atoms with Crippen LogP contribution >= 0.6 is 15.9 Å². The Bertz CT molecular complexity index is 1270. The molecule has 2 aromatic rings. The molecule has 0 spiro atoms. The number of nitrogens with one attached hydrogen (secondary N) is 2. The molecular weight excluding hydrogens is 547 g/mol. The third-order valence-corrected chi connectivity index (χ3v) is 7.03. The lowest BCUT2D eigenvalue weighted by Gasteiger charge is -2.32. The molecule has 2 aromatic carbocycles. The fourth-order valence-electron chi connectivity index (χ4n) is 4.07. The number of carbonyl (C=O) groups excluding carboxylic acids is 2. The van der Waals surface area contributed by atoms with Crippen molar-refractivity contribution in [3.8, 4) is 0 Å². The molecule has 0 unspecified atom stereocenters. The number of halogens is 1. The fraction of sp³-hybridized carbons (Fsp3) is 0.429. The molecule has 2 N–H and O–H groups in total. The summed E-state index contributed by atoms with van der Waals surface area (Å²) in [6, 6.07) is 11.9. The van der Waals surface area contributed by atoms with Crippen LogP contribution in [0, 0.1) is 0 Å². The van der Waals surface area contributed by atoms with E-state index in [0.29, 0.717) is 18.7 Å². The van der Waals surface area contributed by atoms with Crippen molar-refractivity contribution < 1.29 is 18.9 Å². The summed E-state index contributed by atoms with van der Waals surface area (Å²) in [4.78, 5) is 30.7. The molecule has 0 saturated carbocycles. The summed E-state index contributed by atoms with van der Waals surface area (Å²) in [7, 11) is -0.375. The maximum absolute atomic E-state index is 11.1. The number of fused-ring (bicyclic) bond motifs is 2. The summed E-state index contributed by atoms with van der Waals surface area (Å²) in [5.74, 6) is 1.24. The molecule has 0 aromatic heterocycles. The van der Waals surface area contributed by atoms with Crippen LogP contribution in [0.4, 0.5) is 11.4 Å². The molecule has 3 aliphatic heterocycles. The van der Waals surface area contributed by atoms with Crippen molar-refractivity contribution in [3.63, 3.8) is 0 Å². The average molecular weight is 585 g/mol. The molecule has 3 aliphatic rings. The molecule has 10 heteroatoms. The predicted octanol–water partition coefficient (Wildman–Crippen LogP) is 5.15. The molecule has 1 saturated heterocycles. The van der Waals surface area contributed by atoms with Gasteiger partial charge in [-0.25, -0.2) is 9.98 Å². The topological polar surface area (TPSA) is 101 Å². The van der Waals surface area contributed by atoms with Crippen molar-refractivity contribution in [1.82, 2.24) is 10.6 Å². The zero-order valence-corrected chi connectivity index (χ0v) is 22.9. The molecule has 3 heterocycles. The Kier molecular flexibility index (Phi) is 9.86. The fourth-order valence-corrected chi connectivity index (χ4v) is 4.48. The normalized spacial score (nSPS) is 17.4. The molecule has 5 rings (SSSR count). The first kappa shape index (κ1) is 31.4. The maximum atomic E-state index is 11.1. The van der Waals surface area contributed by atoms with Gasteiger partial charge in [-0.3, -0.25) is 9.59 Å². The Hall–Kier alpha value is -2.82. The van der Waals surface area contributed by atoms with Crippen LogP contribution in [0.3, 0.4) is 0 Å². The minimum Gasteiger partial charge on any atom is -0.399 e. The number of amides is 2. The van der Waals surface area contributed by atoms with Gasteiger partial charge >= 0.3 is 7.12 Å². The van der Waals surface area contributed by atoms with Gasteiger partial charge in [-0.05, 0) is 68.6 Å². The van der Waals surface area contributed by atoms with Gasteiger partial charge in [-0.2, -0.15) is 0 Å². The highest BCUT2D eigenvalue weighted by molar-refractivity contribution is 9.10. The highest BCUT2D eigenvalue weighted by Crippen LogP contribution is 2.37. The van der Waals surface area contributed by atoms with Gasteiger partial charge < -0.3 is 19.9 Å². The monoisotopic (exact) mass is 584 g/mol. The summed E-state index contributed by atoms with van der Waals surface area (Å²) in [6.45, 7) is 11.1. The summed E-state index contributed by atoms with van der Waals surface area (Å²) >= 11 is 3.40. The van der Waals surface area contributed by atoms with Gasteiger partial charge in [0.1, 0.15) is 11.7 Å². The van der Waals surface area contributed by atoms with Gasteiger partial charge in [-0.15, -0.1) is 0 Å². The number of nitrogens with zero attached hydrogens (tertiary/aromatic N) is 2. The minimum atomic E-state index is -0.375. The SMILES string of the molecule is C.C.CC(=O)NC1=Nc2ccc(B3OC(C)(C)C(C)(C)O3)cc2C1.CC(=O)NC1=Nc2ccc(Br)cc2C1. The van der Waals surface area contributed by atoms with E-state index >= 15 is 0 Å². The first-order chi connectivity index (χ1) is 16.8. The second kappa shape index (κ2) is 11.9.